The lowest BCUT2D eigenvalue weighted by molar-refractivity contribution is 0.0600. The van der Waals surface area contributed by atoms with Crippen LogP contribution in [0.5, 0.6) is 0 Å². The Balaban J connectivity index is 1.68. The van der Waals surface area contributed by atoms with Crippen molar-refractivity contribution in [2.45, 2.75) is 0 Å². The highest BCUT2D eigenvalue weighted by Crippen LogP contribution is 2.19. The molecule has 0 aliphatic heterocycles. The summed E-state index contributed by atoms with van der Waals surface area (Å²) in [6.07, 6.45) is 0. The number of carbonyl (C=O) groups excluding carboxylic acids is 2. The Morgan fingerprint density at radius 2 is 1.61 bits per heavy atom. The summed E-state index contributed by atoms with van der Waals surface area (Å²) in [6.45, 7) is 0. The number of nitrogens with zero attached hydrogens (tertiary/aromatic N) is 2. The molecule has 1 amide bonds. The Labute approximate surface area is 158 Å². The largest absolute Gasteiger partial charge is 0.465 e. The second-order valence-electron chi connectivity index (χ2n) is 5.55. The zero-order valence-corrected chi connectivity index (χ0v) is 14.6. The number of hydrogen-bond donors (Lipinski definition) is 2. The minimum Gasteiger partial charge on any atom is -0.465 e. The van der Waals surface area contributed by atoms with Gasteiger partial charge in [0.05, 0.1) is 12.7 Å². The van der Waals surface area contributed by atoms with Crippen LogP contribution in [0.2, 0.25) is 0 Å². The van der Waals surface area contributed by atoms with Crippen molar-refractivity contribution in [3.05, 3.63) is 77.5 Å². The Hall–Kier alpha value is -3.88. The van der Waals surface area contributed by atoms with Crippen molar-refractivity contribution in [3.63, 3.8) is 0 Å². The molecule has 1 aromatic heterocycles. The number of anilines is 3. The van der Waals surface area contributed by atoms with Crippen LogP contribution in [-0.4, -0.2) is 29.2 Å². The van der Waals surface area contributed by atoms with Crippen LogP contribution in [0.25, 0.3) is 0 Å². The number of aromatic nitrogens is 2. The monoisotopic (exact) mass is 384 g/mol. The summed E-state index contributed by atoms with van der Waals surface area (Å²) < 4.78 is 31.8. The highest BCUT2D eigenvalue weighted by Gasteiger charge is 2.15. The van der Waals surface area contributed by atoms with Gasteiger partial charge >= 0.3 is 5.97 Å². The van der Waals surface area contributed by atoms with Gasteiger partial charge in [-0.25, -0.2) is 13.6 Å². The number of halogens is 2. The standard InChI is InChI=1S/C19H14F2N4O3/c1-28-19(27)11-5-7-12(8-6-11)22-16-10-9-15(24-25-16)18(26)23-17-13(20)3-2-4-14(17)21/h2-10H,1H3,(H,22,25)(H,23,26). The molecular weight excluding hydrogens is 370 g/mol. The zero-order chi connectivity index (χ0) is 20.1. The second kappa shape index (κ2) is 8.21. The molecule has 142 valence electrons. The van der Waals surface area contributed by atoms with E-state index in [-0.39, 0.29) is 5.69 Å². The SMILES string of the molecule is COC(=O)c1ccc(Nc2ccc(C(=O)Nc3c(F)cccc3F)nn2)cc1. The summed E-state index contributed by atoms with van der Waals surface area (Å²) in [5.74, 6) is -2.71. The van der Waals surface area contributed by atoms with Gasteiger partial charge in [0, 0.05) is 5.69 Å². The third-order valence-electron chi connectivity index (χ3n) is 3.68. The van der Waals surface area contributed by atoms with Gasteiger partial charge in [0.1, 0.15) is 17.3 Å². The normalized spacial score (nSPS) is 10.2. The molecular formula is C19H14F2N4O3. The fourth-order valence-corrected chi connectivity index (χ4v) is 2.27. The van der Waals surface area contributed by atoms with E-state index < -0.39 is 29.2 Å². The summed E-state index contributed by atoms with van der Waals surface area (Å²) in [5.41, 5.74) is 0.357. The topological polar surface area (TPSA) is 93.2 Å². The molecule has 0 saturated heterocycles. The van der Waals surface area contributed by atoms with E-state index in [1.165, 1.54) is 25.3 Å². The van der Waals surface area contributed by atoms with Crippen molar-refractivity contribution in [3.8, 4) is 0 Å². The van der Waals surface area contributed by atoms with Crippen LogP contribution >= 0.6 is 0 Å². The predicted octanol–water partition coefficient (Wildman–Crippen LogP) is 3.54. The summed E-state index contributed by atoms with van der Waals surface area (Å²) >= 11 is 0. The van der Waals surface area contributed by atoms with Gasteiger partial charge in [-0.05, 0) is 48.5 Å². The number of esters is 1. The van der Waals surface area contributed by atoms with Gasteiger partial charge in [0.2, 0.25) is 0 Å². The van der Waals surface area contributed by atoms with Crippen molar-refractivity contribution in [2.24, 2.45) is 0 Å². The molecule has 3 aromatic rings. The third kappa shape index (κ3) is 4.26. The molecule has 0 unspecified atom stereocenters. The fourth-order valence-electron chi connectivity index (χ4n) is 2.27. The summed E-state index contributed by atoms with van der Waals surface area (Å²) in [5, 5.41) is 12.7. The molecule has 28 heavy (non-hydrogen) atoms. The molecule has 0 spiro atoms. The van der Waals surface area contributed by atoms with Crippen molar-refractivity contribution in [1.82, 2.24) is 10.2 Å². The number of nitrogens with one attached hydrogen (secondary N) is 2. The van der Waals surface area contributed by atoms with Crippen molar-refractivity contribution < 1.29 is 23.1 Å². The maximum absolute atomic E-state index is 13.6. The quantitative estimate of drug-likeness (QED) is 0.654. The first kappa shape index (κ1) is 18.9. The maximum Gasteiger partial charge on any atom is 0.337 e. The molecule has 0 bridgehead atoms. The Morgan fingerprint density at radius 1 is 0.929 bits per heavy atom. The lowest BCUT2D eigenvalue weighted by Crippen LogP contribution is -2.16. The number of ether oxygens (including phenoxy) is 1. The highest BCUT2D eigenvalue weighted by molar-refractivity contribution is 6.03. The van der Waals surface area contributed by atoms with Gasteiger partial charge in [0.15, 0.2) is 11.5 Å². The summed E-state index contributed by atoms with van der Waals surface area (Å²) in [7, 11) is 1.29. The molecule has 0 aliphatic carbocycles. The van der Waals surface area contributed by atoms with Gasteiger partial charge in [-0.2, -0.15) is 0 Å². The number of amides is 1. The minimum absolute atomic E-state index is 0.116. The molecule has 0 fully saturated rings. The molecule has 2 aromatic carbocycles. The number of methoxy groups -OCH3 is 1. The summed E-state index contributed by atoms with van der Waals surface area (Å²) in [4.78, 5) is 23.5. The lowest BCUT2D eigenvalue weighted by Gasteiger charge is -2.08. The van der Waals surface area contributed by atoms with E-state index in [1.54, 1.807) is 24.3 Å². The lowest BCUT2D eigenvalue weighted by atomic mass is 10.2. The molecule has 7 nitrogen and oxygen atoms in total. The highest BCUT2D eigenvalue weighted by atomic mass is 19.1. The van der Waals surface area contributed by atoms with Crippen molar-refractivity contribution >= 4 is 29.1 Å². The maximum atomic E-state index is 13.6. The van der Waals surface area contributed by atoms with Gasteiger partial charge in [-0.15, -0.1) is 10.2 Å². The van der Waals surface area contributed by atoms with Crippen molar-refractivity contribution in [1.29, 1.82) is 0 Å². The Kier molecular flexibility index (Phi) is 5.54. The Bertz CT molecular complexity index is 988. The van der Waals surface area contributed by atoms with Gasteiger partial charge in [0.25, 0.3) is 5.91 Å². The van der Waals surface area contributed by atoms with Crippen LogP contribution in [0, 0.1) is 11.6 Å². The zero-order valence-electron chi connectivity index (χ0n) is 14.6. The van der Waals surface area contributed by atoms with Crippen LogP contribution < -0.4 is 10.6 Å². The summed E-state index contributed by atoms with van der Waals surface area (Å²) in [6, 6.07) is 12.5. The molecule has 0 atom stereocenters. The molecule has 2 N–H and O–H groups in total. The molecule has 1 heterocycles. The van der Waals surface area contributed by atoms with E-state index in [1.807, 2.05) is 0 Å². The molecule has 3 rings (SSSR count). The fraction of sp³-hybridized carbons (Fsp3) is 0.0526. The van der Waals surface area contributed by atoms with E-state index in [4.69, 9.17) is 0 Å². The number of carbonyl (C=O) groups is 2. The van der Waals surface area contributed by atoms with E-state index in [9.17, 15) is 18.4 Å². The second-order valence-corrected chi connectivity index (χ2v) is 5.55. The van der Waals surface area contributed by atoms with Crippen LogP contribution in [0.4, 0.5) is 26.0 Å². The van der Waals surface area contributed by atoms with E-state index in [2.05, 4.69) is 25.6 Å². The van der Waals surface area contributed by atoms with Gasteiger partial charge in [-0.1, -0.05) is 6.07 Å². The molecule has 9 heteroatoms. The Morgan fingerprint density at radius 3 is 2.18 bits per heavy atom. The van der Waals surface area contributed by atoms with Crippen LogP contribution in [0.1, 0.15) is 20.8 Å². The van der Waals surface area contributed by atoms with Crippen molar-refractivity contribution in [2.75, 3.05) is 17.7 Å². The van der Waals surface area contributed by atoms with Crippen LogP contribution in [0.3, 0.4) is 0 Å². The molecule has 0 radical (unpaired) electrons. The predicted molar refractivity (Wildman–Crippen MR) is 97.4 cm³/mol. The smallest absolute Gasteiger partial charge is 0.337 e. The van der Waals surface area contributed by atoms with E-state index in [0.29, 0.717) is 17.1 Å². The van der Waals surface area contributed by atoms with Gasteiger partial charge in [-0.3, -0.25) is 4.79 Å². The number of benzene rings is 2. The number of para-hydroxylation sites is 1. The van der Waals surface area contributed by atoms with E-state index >= 15 is 0 Å². The third-order valence-corrected chi connectivity index (χ3v) is 3.68. The van der Waals surface area contributed by atoms with Crippen LogP contribution in [0.15, 0.2) is 54.6 Å². The van der Waals surface area contributed by atoms with E-state index in [0.717, 1.165) is 12.1 Å². The first-order valence-electron chi connectivity index (χ1n) is 8.02. The minimum atomic E-state index is -0.894. The average molecular weight is 384 g/mol. The number of hydrogen-bond acceptors (Lipinski definition) is 6. The molecule has 0 aliphatic rings. The van der Waals surface area contributed by atoms with Gasteiger partial charge < -0.3 is 15.4 Å². The average Bonchev–Trinajstić information content (AvgIpc) is 2.71. The first-order valence-corrected chi connectivity index (χ1v) is 8.02. The number of rotatable bonds is 5. The molecule has 0 saturated carbocycles. The van der Waals surface area contributed by atoms with Crippen LogP contribution in [-0.2, 0) is 4.74 Å². The first-order chi connectivity index (χ1) is 13.5.